The summed E-state index contributed by atoms with van der Waals surface area (Å²) in [6.07, 6.45) is 0.820. The van der Waals surface area contributed by atoms with Crippen LogP contribution in [0.25, 0.3) is 0 Å². The zero-order valence-corrected chi connectivity index (χ0v) is 18.1. The van der Waals surface area contributed by atoms with E-state index in [0.717, 1.165) is 12.0 Å². The van der Waals surface area contributed by atoms with Crippen molar-refractivity contribution in [2.24, 2.45) is 0 Å². The maximum absolute atomic E-state index is 13.1. The van der Waals surface area contributed by atoms with Crippen LogP contribution in [0.3, 0.4) is 0 Å². The molecule has 1 N–H and O–H groups in total. The normalized spacial score (nSPS) is 11.8. The van der Waals surface area contributed by atoms with E-state index in [9.17, 15) is 9.59 Å². The van der Waals surface area contributed by atoms with Gasteiger partial charge in [0.15, 0.2) is 0 Å². The van der Waals surface area contributed by atoms with Gasteiger partial charge in [-0.2, -0.15) is 0 Å². The van der Waals surface area contributed by atoms with Crippen molar-refractivity contribution < 1.29 is 9.59 Å². The molecular formula is C21H23Cl3N2O2. The molecule has 28 heavy (non-hydrogen) atoms. The largest absolute Gasteiger partial charge is 0.354 e. The molecule has 0 fully saturated rings. The molecular weight excluding hydrogens is 419 g/mol. The predicted molar refractivity (Wildman–Crippen MR) is 115 cm³/mol. The van der Waals surface area contributed by atoms with Gasteiger partial charge in [0.1, 0.15) is 6.04 Å². The highest BCUT2D eigenvalue weighted by molar-refractivity contribution is 6.36. The molecule has 0 aliphatic heterocycles. The van der Waals surface area contributed by atoms with Crippen molar-refractivity contribution in [2.45, 2.75) is 39.3 Å². The average Bonchev–Trinajstić information content (AvgIpc) is 2.66. The lowest BCUT2D eigenvalue weighted by Crippen LogP contribution is -2.48. The van der Waals surface area contributed by atoms with Gasteiger partial charge >= 0.3 is 0 Å². The van der Waals surface area contributed by atoms with Crippen molar-refractivity contribution in [2.75, 3.05) is 6.54 Å². The Labute approximate surface area is 180 Å². The van der Waals surface area contributed by atoms with Crippen LogP contribution in [0.15, 0.2) is 42.5 Å². The number of benzene rings is 2. The van der Waals surface area contributed by atoms with Gasteiger partial charge in [0.25, 0.3) is 0 Å². The number of hydrogen-bond acceptors (Lipinski definition) is 2. The van der Waals surface area contributed by atoms with Crippen LogP contribution in [0.1, 0.15) is 31.4 Å². The molecule has 0 aromatic heterocycles. The Morgan fingerprint density at radius 3 is 2.32 bits per heavy atom. The average molecular weight is 442 g/mol. The smallest absolute Gasteiger partial charge is 0.242 e. The van der Waals surface area contributed by atoms with E-state index >= 15 is 0 Å². The summed E-state index contributed by atoms with van der Waals surface area (Å²) in [5.74, 6) is -0.448. The lowest BCUT2D eigenvalue weighted by atomic mass is 10.1. The van der Waals surface area contributed by atoms with E-state index in [1.165, 1.54) is 4.90 Å². The summed E-state index contributed by atoms with van der Waals surface area (Å²) >= 11 is 18.5. The van der Waals surface area contributed by atoms with Crippen LogP contribution in [0, 0.1) is 0 Å². The van der Waals surface area contributed by atoms with Crippen LogP contribution in [-0.2, 0) is 22.6 Å². The van der Waals surface area contributed by atoms with Crippen LogP contribution < -0.4 is 5.32 Å². The number of rotatable bonds is 8. The van der Waals surface area contributed by atoms with Crippen molar-refractivity contribution in [3.05, 3.63) is 68.7 Å². The van der Waals surface area contributed by atoms with Gasteiger partial charge in [0.05, 0.1) is 6.42 Å². The molecule has 2 rings (SSSR count). The molecule has 2 amide bonds. The highest BCUT2D eigenvalue weighted by Crippen LogP contribution is 2.26. The van der Waals surface area contributed by atoms with Crippen molar-refractivity contribution in [3.8, 4) is 0 Å². The second-order valence-corrected chi connectivity index (χ2v) is 7.75. The van der Waals surface area contributed by atoms with Crippen molar-refractivity contribution in [3.63, 3.8) is 0 Å². The molecule has 150 valence electrons. The summed E-state index contributed by atoms with van der Waals surface area (Å²) in [7, 11) is 0. The van der Waals surface area contributed by atoms with Crippen molar-refractivity contribution in [1.82, 2.24) is 10.2 Å². The van der Waals surface area contributed by atoms with Gasteiger partial charge in [0, 0.05) is 28.2 Å². The number of nitrogens with zero attached hydrogens (tertiary/aromatic N) is 1. The van der Waals surface area contributed by atoms with Crippen molar-refractivity contribution in [1.29, 1.82) is 0 Å². The van der Waals surface area contributed by atoms with Crippen LogP contribution in [0.4, 0.5) is 0 Å². The maximum atomic E-state index is 13.1. The molecule has 4 nitrogen and oxygen atoms in total. The fourth-order valence-corrected chi connectivity index (χ4v) is 3.51. The van der Waals surface area contributed by atoms with Crippen LogP contribution in [0.5, 0.6) is 0 Å². The zero-order chi connectivity index (χ0) is 20.7. The monoisotopic (exact) mass is 440 g/mol. The molecule has 0 saturated heterocycles. The Bertz CT molecular complexity index is 822. The Hall–Kier alpha value is -1.75. The van der Waals surface area contributed by atoms with Gasteiger partial charge in [-0.05, 0) is 48.7 Å². The first kappa shape index (κ1) is 22.5. The first-order valence-electron chi connectivity index (χ1n) is 9.08. The van der Waals surface area contributed by atoms with E-state index in [0.29, 0.717) is 27.2 Å². The molecule has 7 heteroatoms. The van der Waals surface area contributed by atoms with Gasteiger partial charge in [-0.3, -0.25) is 9.59 Å². The van der Waals surface area contributed by atoms with Gasteiger partial charge in [-0.1, -0.05) is 59.9 Å². The predicted octanol–water partition coefficient (Wildman–Crippen LogP) is 5.13. The number of halogens is 3. The number of nitrogens with one attached hydrogen (secondary N) is 1. The third-order valence-corrected chi connectivity index (χ3v) is 5.29. The lowest BCUT2D eigenvalue weighted by Gasteiger charge is -2.29. The second kappa shape index (κ2) is 10.7. The first-order chi connectivity index (χ1) is 13.3. The zero-order valence-electron chi connectivity index (χ0n) is 15.8. The lowest BCUT2D eigenvalue weighted by molar-refractivity contribution is -0.140. The highest BCUT2D eigenvalue weighted by Gasteiger charge is 2.27. The highest BCUT2D eigenvalue weighted by atomic mass is 35.5. The minimum atomic E-state index is -0.653. The van der Waals surface area contributed by atoms with E-state index in [4.69, 9.17) is 34.8 Å². The maximum Gasteiger partial charge on any atom is 0.242 e. The van der Waals surface area contributed by atoms with E-state index in [2.05, 4.69) is 5.32 Å². The molecule has 0 aliphatic rings. The summed E-state index contributed by atoms with van der Waals surface area (Å²) in [4.78, 5) is 27.2. The number of carbonyl (C=O) groups is 2. The fraction of sp³-hybridized carbons (Fsp3) is 0.333. The van der Waals surface area contributed by atoms with Crippen LogP contribution in [-0.4, -0.2) is 29.3 Å². The molecule has 0 saturated carbocycles. The Kier molecular flexibility index (Phi) is 8.61. The Morgan fingerprint density at radius 1 is 1.07 bits per heavy atom. The quantitative estimate of drug-likeness (QED) is 0.617. The molecule has 0 heterocycles. The molecule has 2 aromatic rings. The molecule has 1 atom stereocenters. The van der Waals surface area contributed by atoms with E-state index in [1.807, 2.05) is 19.1 Å². The summed E-state index contributed by atoms with van der Waals surface area (Å²) in [6, 6.07) is 11.7. The third-order valence-electron chi connectivity index (χ3n) is 4.35. The van der Waals surface area contributed by atoms with Crippen molar-refractivity contribution >= 4 is 46.6 Å². The third kappa shape index (κ3) is 6.13. The molecule has 0 spiro atoms. The second-order valence-electron chi connectivity index (χ2n) is 6.50. The summed E-state index contributed by atoms with van der Waals surface area (Å²) in [6.45, 7) is 4.49. The minimum absolute atomic E-state index is 0.00443. The minimum Gasteiger partial charge on any atom is -0.354 e. The molecule has 0 radical (unpaired) electrons. The standard InChI is InChI=1S/C21H23Cl3N2O2/c1-3-10-25-21(28)14(2)26(13-15-6-4-7-16(22)11-15)20(27)12-17-18(23)8-5-9-19(17)24/h4-9,11,14H,3,10,12-13H2,1-2H3,(H,25,28)/t14-/m0/s1. The topological polar surface area (TPSA) is 49.4 Å². The van der Waals surface area contributed by atoms with Crippen LogP contribution in [0.2, 0.25) is 15.1 Å². The number of amides is 2. The van der Waals surface area contributed by atoms with E-state index in [-0.39, 0.29) is 24.8 Å². The molecule has 0 unspecified atom stereocenters. The van der Waals surface area contributed by atoms with Gasteiger partial charge in [-0.25, -0.2) is 0 Å². The van der Waals surface area contributed by atoms with Gasteiger partial charge < -0.3 is 10.2 Å². The fourth-order valence-electron chi connectivity index (χ4n) is 2.76. The summed E-state index contributed by atoms with van der Waals surface area (Å²) < 4.78 is 0. The van der Waals surface area contributed by atoms with E-state index in [1.54, 1.807) is 37.3 Å². The number of carbonyl (C=O) groups excluding carboxylic acids is 2. The first-order valence-corrected chi connectivity index (χ1v) is 10.2. The SMILES string of the molecule is CCCNC(=O)[C@H](C)N(Cc1cccc(Cl)c1)C(=O)Cc1c(Cl)cccc1Cl. The Balaban J connectivity index is 2.28. The summed E-state index contributed by atoms with van der Waals surface area (Å²) in [5, 5.41) is 4.26. The molecule has 2 aromatic carbocycles. The Morgan fingerprint density at radius 2 is 1.71 bits per heavy atom. The van der Waals surface area contributed by atoms with E-state index < -0.39 is 6.04 Å². The number of hydrogen-bond donors (Lipinski definition) is 1. The summed E-state index contributed by atoms with van der Waals surface area (Å²) in [5.41, 5.74) is 1.38. The van der Waals surface area contributed by atoms with Gasteiger partial charge in [-0.15, -0.1) is 0 Å². The van der Waals surface area contributed by atoms with Gasteiger partial charge in [0.2, 0.25) is 11.8 Å². The molecule has 0 aliphatic carbocycles. The molecule has 0 bridgehead atoms. The van der Waals surface area contributed by atoms with Crippen LogP contribution >= 0.6 is 34.8 Å².